The topological polar surface area (TPSA) is 80.3 Å². The molecule has 0 aliphatic carbocycles. The van der Waals surface area contributed by atoms with Crippen molar-refractivity contribution < 1.29 is 64.6 Å². The van der Waals surface area contributed by atoms with Crippen LogP contribution in [0.15, 0.2) is 24.3 Å². The molecule has 0 spiro atoms. The van der Waals surface area contributed by atoms with Crippen LogP contribution in [0.1, 0.15) is 20.7 Å². The second-order valence-corrected chi connectivity index (χ2v) is 2.16. The SMILES string of the molecule is O=C([O-])c1cccc(C(=O)[O-])c1.[Ag+].[Ag+]. The fraction of sp³-hybridized carbons (Fsp3) is 0. The molecule has 0 aliphatic rings. The van der Waals surface area contributed by atoms with Crippen LogP contribution >= 0.6 is 0 Å². The third kappa shape index (κ3) is 4.24. The summed E-state index contributed by atoms with van der Waals surface area (Å²) in [7, 11) is 0. The van der Waals surface area contributed by atoms with Crippen LogP contribution in [0.25, 0.3) is 0 Å². The van der Waals surface area contributed by atoms with Crippen molar-refractivity contribution in [3.05, 3.63) is 35.4 Å². The number of benzene rings is 1. The number of carboxylic acids is 2. The summed E-state index contributed by atoms with van der Waals surface area (Å²) in [5.74, 6) is -2.81. The molecule has 0 heterocycles. The Morgan fingerprint density at radius 2 is 1.29 bits per heavy atom. The average molecular weight is 380 g/mol. The third-order valence-electron chi connectivity index (χ3n) is 1.33. The first-order valence-corrected chi connectivity index (χ1v) is 3.14. The number of hydrogen-bond donors (Lipinski definition) is 0. The molecular weight excluding hydrogens is 376 g/mol. The van der Waals surface area contributed by atoms with Crippen LogP contribution in [-0.2, 0) is 44.8 Å². The Kier molecular flexibility index (Phi) is 8.04. The van der Waals surface area contributed by atoms with Gasteiger partial charge in [-0.3, -0.25) is 0 Å². The van der Waals surface area contributed by atoms with Crippen LogP contribution in [0.4, 0.5) is 0 Å². The Balaban J connectivity index is 0. The van der Waals surface area contributed by atoms with E-state index < -0.39 is 11.9 Å². The van der Waals surface area contributed by atoms with Crippen molar-refractivity contribution in [2.45, 2.75) is 0 Å². The fourth-order valence-electron chi connectivity index (χ4n) is 0.773. The first-order valence-electron chi connectivity index (χ1n) is 3.14. The molecule has 0 saturated heterocycles. The van der Waals surface area contributed by atoms with E-state index in [1.807, 2.05) is 0 Å². The molecule has 6 heteroatoms. The van der Waals surface area contributed by atoms with Gasteiger partial charge in [0.1, 0.15) is 0 Å². The monoisotopic (exact) mass is 378 g/mol. The average Bonchev–Trinajstić information content (AvgIpc) is 2.04. The first-order chi connectivity index (χ1) is 5.61. The Hall–Kier alpha value is -0.359. The van der Waals surface area contributed by atoms with Gasteiger partial charge in [0.25, 0.3) is 0 Å². The van der Waals surface area contributed by atoms with Crippen LogP contribution < -0.4 is 10.2 Å². The summed E-state index contributed by atoms with van der Waals surface area (Å²) >= 11 is 0. The number of carbonyl (C=O) groups excluding carboxylic acids is 2. The zero-order valence-corrected chi connectivity index (χ0v) is 9.51. The summed E-state index contributed by atoms with van der Waals surface area (Å²) in [4.78, 5) is 20.5. The van der Waals surface area contributed by atoms with E-state index >= 15 is 0 Å². The van der Waals surface area contributed by atoms with Gasteiger partial charge in [-0.05, 0) is 17.2 Å². The normalized spacial score (nSPS) is 8.00. The van der Waals surface area contributed by atoms with E-state index in [9.17, 15) is 19.8 Å². The zero-order chi connectivity index (χ0) is 9.14. The second kappa shape index (κ2) is 7.00. The first kappa shape index (κ1) is 16.1. The summed E-state index contributed by atoms with van der Waals surface area (Å²) < 4.78 is 0. The minimum atomic E-state index is -1.40. The molecule has 4 nitrogen and oxygen atoms in total. The predicted molar refractivity (Wildman–Crippen MR) is 35.1 cm³/mol. The molecule has 0 bridgehead atoms. The van der Waals surface area contributed by atoms with E-state index in [1.165, 1.54) is 18.2 Å². The summed E-state index contributed by atoms with van der Waals surface area (Å²) in [6, 6.07) is 4.81. The molecule has 82 valence electrons. The van der Waals surface area contributed by atoms with E-state index in [0.29, 0.717) is 0 Å². The second-order valence-electron chi connectivity index (χ2n) is 2.16. The van der Waals surface area contributed by atoms with Crippen molar-refractivity contribution in [1.29, 1.82) is 0 Å². The number of rotatable bonds is 2. The summed E-state index contributed by atoms with van der Waals surface area (Å²) in [6.45, 7) is 0. The van der Waals surface area contributed by atoms with Crippen LogP contribution in [0.5, 0.6) is 0 Å². The maximum Gasteiger partial charge on any atom is 1.00 e. The van der Waals surface area contributed by atoms with Gasteiger partial charge in [0, 0.05) is 0 Å². The van der Waals surface area contributed by atoms with Gasteiger partial charge in [0.05, 0.1) is 11.9 Å². The number of aromatic carboxylic acids is 2. The molecule has 0 amide bonds. The molecular formula is C8H4Ag2O4. The Morgan fingerprint density at radius 3 is 1.57 bits per heavy atom. The van der Waals surface area contributed by atoms with Gasteiger partial charge in [0.2, 0.25) is 0 Å². The summed E-state index contributed by atoms with van der Waals surface area (Å²) in [5, 5.41) is 20.5. The van der Waals surface area contributed by atoms with Crippen molar-refractivity contribution in [1.82, 2.24) is 0 Å². The molecule has 0 saturated carbocycles. The molecule has 0 radical (unpaired) electrons. The van der Waals surface area contributed by atoms with Crippen LogP contribution in [0, 0.1) is 0 Å². The van der Waals surface area contributed by atoms with Crippen LogP contribution in [-0.4, -0.2) is 11.9 Å². The molecule has 14 heavy (non-hydrogen) atoms. The van der Waals surface area contributed by atoms with Crippen molar-refractivity contribution in [3.63, 3.8) is 0 Å². The smallest absolute Gasteiger partial charge is 0.545 e. The molecule has 0 N–H and O–H groups in total. The maximum atomic E-state index is 10.3. The van der Waals surface area contributed by atoms with Crippen molar-refractivity contribution in [2.24, 2.45) is 0 Å². The zero-order valence-electron chi connectivity index (χ0n) is 6.55. The van der Waals surface area contributed by atoms with E-state index in [4.69, 9.17) is 0 Å². The van der Waals surface area contributed by atoms with E-state index in [1.54, 1.807) is 0 Å². The van der Waals surface area contributed by atoms with E-state index in [0.717, 1.165) is 6.07 Å². The number of hydrogen-bond acceptors (Lipinski definition) is 4. The van der Waals surface area contributed by atoms with Gasteiger partial charge in [-0.15, -0.1) is 0 Å². The van der Waals surface area contributed by atoms with Gasteiger partial charge < -0.3 is 19.8 Å². The molecule has 0 aliphatic heterocycles. The van der Waals surface area contributed by atoms with Gasteiger partial charge in [0.15, 0.2) is 0 Å². The molecule has 0 atom stereocenters. The Labute approximate surface area is 111 Å². The maximum absolute atomic E-state index is 10.3. The van der Waals surface area contributed by atoms with Gasteiger partial charge in [-0.25, -0.2) is 0 Å². The van der Waals surface area contributed by atoms with Crippen LogP contribution in [0.3, 0.4) is 0 Å². The molecule has 1 aromatic rings. The van der Waals surface area contributed by atoms with Gasteiger partial charge in [-0.2, -0.15) is 0 Å². The standard InChI is InChI=1S/C8H6O4.2Ag/c9-7(10)5-2-1-3-6(4-5)8(11)12;;/h1-4H,(H,9,10)(H,11,12);;/q;2*+1/p-2. The molecule has 0 unspecified atom stereocenters. The quantitative estimate of drug-likeness (QED) is 0.580. The van der Waals surface area contributed by atoms with E-state index in [-0.39, 0.29) is 55.9 Å². The number of carbonyl (C=O) groups is 2. The van der Waals surface area contributed by atoms with Crippen molar-refractivity contribution >= 4 is 11.9 Å². The van der Waals surface area contributed by atoms with Crippen LogP contribution in [0.2, 0.25) is 0 Å². The third-order valence-corrected chi connectivity index (χ3v) is 1.33. The minimum absolute atomic E-state index is 0. The minimum Gasteiger partial charge on any atom is -0.545 e. The molecule has 1 aromatic carbocycles. The summed E-state index contributed by atoms with van der Waals surface area (Å²) in [5.41, 5.74) is -0.339. The van der Waals surface area contributed by atoms with E-state index in [2.05, 4.69) is 0 Å². The molecule has 1 rings (SSSR count). The van der Waals surface area contributed by atoms with Gasteiger partial charge in [-0.1, -0.05) is 18.2 Å². The Morgan fingerprint density at radius 1 is 0.929 bits per heavy atom. The molecule has 0 fully saturated rings. The fourth-order valence-corrected chi connectivity index (χ4v) is 0.773. The summed E-state index contributed by atoms with van der Waals surface area (Å²) in [6.07, 6.45) is 0. The predicted octanol–water partition coefficient (Wildman–Crippen LogP) is -1.59. The molecule has 0 aromatic heterocycles. The van der Waals surface area contributed by atoms with Crippen molar-refractivity contribution in [3.8, 4) is 0 Å². The largest absolute Gasteiger partial charge is 1.00 e. The van der Waals surface area contributed by atoms with Crippen molar-refractivity contribution in [2.75, 3.05) is 0 Å². The van der Waals surface area contributed by atoms with Gasteiger partial charge >= 0.3 is 44.8 Å². The Bertz CT molecular complexity index is 309. The number of carboxylic acid groups (broad SMARTS) is 2.